The van der Waals surface area contributed by atoms with Gasteiger partial charge >= 0.3 is 0 Å². The highest BCUT2D eigenvalue weighted by Gasteiger charge is 2.04. The standard InChI is InChI=1S/C29H23N/c1-2-21-5-7-22(8-6-21)26-15-13-25-14-16-27(19-29(25)18-26)23-9-11-24(12-10-23)28-4-3-17-30-20-28/h3-20H,2H2,1H3. The Balaban J connectivity index is 1.49. The molecule has 0 N–H and O–H groups in total. The highest BCUT2D eigenvalue weighted by Crippen LogP contribution is 2.30. The van der Waals surface area contributed by atoms with E-state index >= 15 is 0 Å². The molecule has 30 heavy (non-hydrogen) atoms. The number of aryl methyl sites for hydroxylation is 1. The van der Waals surface area contributed by atoms with E-state index in [0.717, 1.165) is 12.0 Å². The minimum Gasteiger partial charge on any atom is -0.264 e. The second-order valence-corrected chi connectivity index (χ2v) is 7.65. The molecule has 0 radical (unpaired) electrons. The van der Waals surface area contributed by atoms with Gasteiger partial charge in [-0.3, -0.25) is 4.98 Å². The van der Waals surface area contributed by atoms with E-state index in [1.54, 1.807) is 6.20 Å². The SMILES string of the molecule is CCc1ccc(-c2ccc3ccc(-c4ccc(-c5cccnc5)cc4)cc3c2)cc1. The molecule has 0 saturated heterocycles. The monoisotopic (exact) mass is 385 g/mol. The maximum Gasteiger partial charge on any atom is 0.0346 e. The van der Waals surface area contributed by atoms with Crippen LogP contribution in [-0.2, 0) is 6.42 Å². The molecule has 0 saturated carbocycles. The Hall–Kier alpha value is -3.71. The van der Waals surface area contributed by atoms with E-state index < -0.39 is 0 Å². The van der Waals surface area contributed by atoms with Crippen molar-refractivity contribution in [1.82, 2.24) is 4.98 Å². The third kappa shape index (κ3) is 3.62. The Kier molecular flexibility index (Phi) is 4.86. The molecular weight excluding hydrogens is 362 g/mol. The summed E-state index contributed by atoms with van der Waals surface area (Å²) in [5, 5.41) is 2.53. The summed E-state index contributed by atoms with van der Waals surface area (Å²) in [6, 6.07) is 35.1. The van der Waals surface area contributed by atoms with E-state index in [0.29, 0.717) is 0 Å². The molecule has 0 aliphatic heterocycles. The summed E-state index contributed by atoms with van der Waals surface area (Å²) in [6.45, 7) is 2.19. The lowest BCUT2D eigenvalue weighted by Crippen LogP contribution is -1.84. The van der Waals surface area contributed by atoms with Crippen LogP contribution in [0.2, 0.25) is 0 Å². The molecule has 144 valence electrons. The largest absolute Gasteiger partial charge is 0.264 e. The van der Waals surface area contributed by atoms with Gasteiger partial charge in [-0.2, -0.15) is 0 Å². The molecule has 0 aliphatic rings. The number of nitrogens with zero attached hydrogens (tertiary/aromatic N) is 1. The lowest BCUT2D eigenvalue weighted by Gasteiger charge is -2.09. The Morgan fingerprint density at radius 1 is 0.533 bits per heavy atom. The number of fused-ring (bicyclic) bond motifs is 1. The van der Waals surface area contributed by atoms with E-state index in [4.69, 9.17) is 0 Å². The quantitative estimate of drug-likeness (QED) is 0.307. The molecule has 0 amide bonds. The number of hydrogen-bond acceptors (Lipinski definition) is 1. The van der Waals surface area contributed by atoms with Gasteiger partial charge in [0.15, 0.2) is 0 Å². The molecule has 0 fully saturated rings. The summed E-state index contributed by atoms with van der Waals surface area (Å²) >= 11 is 0. The fourth-order valence-corrected chi connectivity index (χ4v) is 3.93. The normalized spacial score (nSPS) is 11.0. The van der Waals surface area contributed by atoms with Crippen LogP contribution in [-0.4, -0.2) is 4.98 Å². The maximum absolute atomic E-state index is 4.22. The van der Waals surface area contributed by atoms with Crippen LogP contribution >= 0.6 is 0 Å². The lowest BCUT2D eigenvalue weighted by atomic mass is 9.96. The van der Waals surface area contributed by atoms with Crippen molar-refractivity contribution in [3.63, 3.8) is 0 Å². The summed E-state index contributed by atoms with van der Waals surface area (Å²) in [7, 11) is 0. The van der Waals surface area contributed by atoms with Gasteiger partial charge < -0.3 is 0 Å². The number of rotatable bonds is 4. The van der Waals surface area contributed by atoms with Crippen LogP contribution in [0.1, 0.15) is 12.5 Å². The molecule has 5 aromatic rings. The average molecular weight is 386 g/mol. The van der Waals surface area contributed by atoms with Gasteiger partial charge in [0.05, 0.1) is 0 Å². The van der Waals surface area contributed by atoms with Gasteiger partial charge in [0.1, 0.15) is 0 Å². The van der Waals surface area contributed by atoms with Gasteiger partial charge in [0.25, 0.3) is 0 Å². The Bertz CT molecular complexity index is 1280. The third-order valence-electron chi connectivity index (χ3n) is 5.75. The molecule has 0 unspecified atom stereocenters. The minimum atomic E-state index is 1.07. The van der Waals surface area contributed by atoms with Crippen LogP contribution in [0.4, 0.5) is 0 Å². The number of hydrogen-bond donors (Lipinski definition) is 0. The van der Waals surface area contributed by atoms with E-state index in [-0.39, 0.29) is 0 Å². The number of benzene rings is 4. The summed E-state index contributed by atoms with van der Waals surface area (Å²) in [6.07, 6.45) is 4.78. The van der Waals surface area contributed by atoms with Gasteiger partial charge in [0, 0.05) is 12.4 Å². The molecule has 1 heteroatoms. The molecule has 0 spiro atoms. The summed E-state index contributed by atoms with van der Waals surface area (Å²) in [4.78, 5) is 4.22. The average Bonchev–Trinajstić information content (AvgIpc) is 2.84. The zero-order chi connectivity index (χ0) is 20.3. The van der Waals surface area contributed by atoms with Crippen molar-refractivity contribution >= 4 is 10.8 Å². The first-order chi connectivity index (χ1) is 14.8. The van der Waals surface area contributed by atoms with Crippen molar-refractivity contribution in [1.29, 1.82) is 0 Å². The van der Waals surface area contributed by atoms with Crippen molar-refractivity contribution in [3.05, 3.63) is 115 Å². The smallest absolute Gasteiger partial charge is 0.0346 e. The summed E-state index contributed by atoms with van der Waals surface area (Å²) in [5.74, 6) is 0. The van der Waals surface area contributed by atoms with E-state index in [1.165, 1.54) is 44.2 Å². The molecule has 5 rings (SSSR count). The molecule has 0 aliphatic carbocycles. The topological polar surface area (TPSA) is 12.9 Å². The van der Waals surface area contributed by atoms with Crippen molar-refractivity contribution in [2.24, 2.45) is 0 Å². The Morgan fingerprint density at radius 3 is 1.60 bits per heavy atom. The molecule has 4 aromatic carbocycles. The Morgan fingerprint density at radius 2 is 1.07 bits per heavy atom. The van der Waals surface area contributed by atoms with Gasteiger partial charge in [0.2, 0.25) is 0 Å². The fourth-order valence-electron chi connectivity index (χ4n) is 3.93. The van der Waals surface area contributed by atoms with Crippen LogP contribution in [0.15, 0.2) is 109 Å². The zero-order valence-corrected chi connectivity index (χ0v) is 17.0. The van der Waals surface area contributed by atoms with Gasteiger partial charge in [-0.25, -0.2) is 0 Å². The van der Waals surface area contributed by atoms with Gasteiger partial charge in [-0.1, -0.05) is 85.8 Å². The lowest BCUT2D eigenvalue weighted by molar-refractivity contribution is 1.14. The third-order valence-corrected chi connectivity index (χ3v) is 5.75. The minimum absolute atomic E-state index is 1.07. The van der Waals surface area contributed by atoms with E-state index in [1.807, 2.05) is 12.3 Å². The second kappa shape index (κ2) is 7.96. The molecule has 1 nitrogen and oxygen atoms in total. The number of aromatic nitrogens is 1. The summed E-state index contributed by atoms with van der Waals surface area (Å²) in [5.41, 5.74) is 8.68. The second-order valence-electron chi connectivity index (χ2n) is 7.65. The maximum atomic E-state index is 4.22. The van der Waals surface area contributed by atoms with Crippen molar-refractivity contribution in [2.45, 2.75) is 13.3 Å². The van der Waals surface area contributed by atoms with E-state index in [9.17, 15) is 0 Å². The molecule has 0 bridgehead atoms. The fraction of sp³-hybridized carbons (Fsp3) is 0.0690. The summed E-state index contributed by atoms with van der Waals surface area (Å²) < 4.78 is 0. The van der Waals surface area contributed by atoms with Gasteiger partial charge in [-0.05, 0) is 74.3 Å². The van der Waals surface area contributed by atoms with Crippen molar-refractivity contribution in [3.8, 4) is 33.4 Å². The predicted octanol–water partition coefficient (Wildman–Crippen LogP) is 7.80. The molecule has 1 heterocycles. The van der Waals surface area contributed by atoms with Crippen molar-refractivity contribution < 1.29 is 0 Å². The van der Waals surface area contributed by atoms with Crippen LogP contribution in [0, 0.1) is 0 Å². The first-order valence-corrected chi connectivity index (χ1v) is 10.4. The highest BCUT2D eigenvalue weighted by molar-refractivity contribution is 5.91. The molecule has 1 aromatic heterocycles. The van der Waals surface area contributed by atoms with Gasteiger partial charge in [-0.15, -0.1) is 0 Å². The van der Waals surface area contributed by atoms with Crippen LogP contribution in [0.3, 0.4) is 0 Å². The first kappa shape index (κ1) is 18.3. The number of pyridine rings is 1. The van der Waals surface area contributed by atoms with Crippen LogP contribution in [0.25, 0.3) is 44.2 Å². The molecular formula is C29H23N. The van der Waals surface area contributed by atoms with Crippen LogP contribution < -0.4 is 0 Å². The van der Waals surface area contributed by atoms with E-state index in [2.05, 4.69) is 103 Å². The predicted molar refractivity (Wildman–Crippen MR) is 127 cm³/mol. The zero-order valence-electron chi connectivity index (χ0n) is 17.0. The van der Waals surface area contributed by atoms with Crippen molar-refractivity contribution in [2.75, 3.05) is 0 Å². The first-order valence-electron chi connectivity index (χ1n) is 10.4. The molecule has 0 atom stereocenters. The highest BCUT2D eigenvalue weighted by atomic mass is 14.6. The Labute approximate surface area is 177 Å². The van der Waals surface area contributed by atoms with Crippen LogP contribution in [0.5, 0.6) is 0 Å².